The van der Waals surface area contributed by atoms with E-state index in [0.717, 1.165) is 31.0 Å². The number of hydrogen-bond donors (Lipinski definition) is 0. The molecule has 0 spiro atoms. The van der Waals surface area contributed by atoms with Crippen LogP contribution in [-0.4, -0.2) is 64.9 Å². The summed E-state index contributed by atoms with van der Waals surface area (Å²) < 4.78 is 30.6. The third-order valence-electron chi connectivity index (χ3n) is 4.90. The van der Waals surface area contributed by atoms with Gasteiger partial charge in [-0.3, -0.25) is 4.40 Å². The minimum Gasteiger partial charge on any atom is -0.354 e. The molecule has 1 saturated heterocycles. The van der Waals surface area contributed by atoms with Gasteiger partial charge in [-0.15, -0.1) is 14.6 Å². The van der Waals surface area contributed by atoms with Gasteiger partial charge in [0.2, 0.25) is 5.65 Å². The average Bonchev–Trinajstić information content (AvgIpc) is 3.16. The maximum absolute atomic E-state index is 12.3. The number of amidine groups is 1. The third kappa shape index (κ3) is 2.64. The van der Waals surface area contributed by atoms with Crippen LogP contribution in [0.5, 0.6) is 0 Å². The summed E-state index contributed by atoms with van der Waals surface area (Å²) in [5.41, 5.74) is 1.40. The first-order chi connectivity index (χ1) is 13.1. The normalized spacial score (nSPS) is 19.0. The maximum Gasteiger partial charge on any atom is 0.285 e. The molecule has 2 aliphatic rings. The molecule has 0 atom stereocenters. The lowest BCUT2D eigenvalue weighted by Crippen LogP contribution is -2.35. The predicted molar refractivity (Wildman–Crippen MR) is 99.3 cm³/mol. The zero-order valence-electron chi connectivity index (χ0n) is 14.4. The predicted octanol–water partition coefficient (Wildman–Crippen LogP) is 0.785. The van der Waals surface area contributed by atoms with E-state index in [9.17, 15) is 8.42 Å². The van der Waals surface area contributed by atoms with E-state index in [1.807, 2.05) is 27.6 Å². The summed E-state index contributed by atoms with van der Waals surface area (Å²) in [5.74, 6) is 1.33. The van der Waals surface area contributed by atoms with E-state index in [2.05, 4.69) is 24.5 Å². The van der Waals surface area contributed by atoms with Gasteiger partial charge in [0, 0.05) is 44.1 Å². The summed E-state index contributed by atoms with van der Waals surface area (Å²) in [6.45, 7) is 2.88. The fourth-order valence-corrected chi connectivity index (χ4v) is 4.85. The second-order valence-electron chi connectivity index (χ2n) is 6.53. The van der Waals surface area contributed by atoms with Crippen molar-refractivity contribution < 1.29 is 8.42 Å². The van der Waals surface area contributed by atoms with Gasteiger partial charge in [0.15, 0.2) is 11.7 Å². The summed E-state index contributed by atoms with van der Waals surface area (Å²) in [6.07, 6.45) is 6.06. The van der Waals surface area contributed by atoms with Gasteiger partial charge in [-0.1, -0.05) is 12.1 Å². The zero-order valence-corrected chi connectivity index (χ0v) is 15.2. The van der Waals surface area contributed by atoms with E-state index in [0.29, 0.717) is 24.5 Å². The third-order valence-corrected chi connectivity index (χ3v) is 6.23. The van der Waals surface area contributed by atoms with E-state index in [-0.39, 0.29) is 4.90 Å². The van der Waals surface area contributed by atoms with Gasteiger partial charge < -0.3 is 9.80 Å². The van der Waals surface area contributed by atoms with Crippen LogP contribution in [0.15, 0.2) is 52.3 Å². The Morgan fingerprint density at radius 2 is 1.81 bits per heavy atom. The molecule has 0 amide bonds. The zero-order chi connectivity index (χ0) is 18.4. The second kappa shape index (κ2) is 6.02. The van der Waals surface area contributed by atoms with Crippen molar-refractivity contribution in [1.29, 1.82) is 0 Å². The quantitative estimate of drug-likeness (QED) is 0.613. The Morgan fingerprint density at radius 3 is 2.74 bits per heavy atom. The van der Waals surface area contributed by atoms with Crippen molar-refractivity contribution in [2.75, 3.05) is 31.1 Å². The Morgan fingerprint density at radius 1 is 1.00 bits per heavy atom. The first-order valence-corrected chi connectivity index (χ1v) is 10.2. The minimum absolute atomic E-state index is 0.288. The number of nitrogens with zero attached hydrogens (tertiary/aromatic N) is 7. The Bertz CT molecular complexity index is 1150. The van der Waals surface area contributed by atoms with Gasteiger partial charge in [0.1, 0.15) is 11.2 Å². The SMILES string of the molecule is O=S1(=O)N=C(N2CCCN(c3nccn4cnnc34)CC2)c2ccccc21. The van der Waals surface area contributed by atoms with Crippen LogP contribution in [0.4, 0.5) is 5.82 Å². The Hall–Kier alpha value is -3.01. The molecule has 10 heteroatoms. The summed E-state index contributed by atoms with van der Waals surface area (Å²) in [6, 6.07) is 7.00. The highest BCUT2D eigenvalue weighted by atomic mass is 32.2. The first-order valence-electron chi connectivity index (χ1n) is 8.72. The van der Waals surface area contributed by atoms with E-state index in [4.69, 9.17) is 0 Å². The fourth-order valence-electron chi connectivity index (χ4n) is 3.63. The minimum atomic E-state index is -3.60. The molecule has 4 heterocycles. The number of aromatic nitrogens is 4. The van der Waals surface area contributed by atoms with Crippen molar-refractivity contribution in [3.8, 4) is 0 Å². The van der Waals surface area contributed by atoms with Crippen LogP contribution in [0.1, 0.15) is 12.0 Å². The highest BCUT2D eigenvalue weighted by molar-refractivity contribution is 7.90. The van der Waals surface area contributed by atoms with Crippen molar-refractivity contribution in [3.63, 3.8) is 0 Å². The molecular weight excluding hydrogens is 366 g/mol. The highest BCUT2D eigenvalue weighted by Gasteiger charge is 2.32. The lowest BCUT2D eigenvalue weighted by Gasteiger charge is -2.24. The molecule has 2 aliphatic heterocycles. The van der Waals surface area contributed by atoms with Gasteiger partial charge >= 0.3 is 0 Å². The first kappa shape index (κ1) is 16.2. The topological polar surface area (TPSA) is 96.1 Å². The summed E-state index contributed by atoms with van der Waals surface area (Å²) in [4.78, 5) is 8.99. The number of benzene rings is 1. The molecule has 1 aromatic carbocycles. The molecule has 0 N–H and O–H groups in total. The van der Waals surface area contributed by atoms with Crippen molar-refractivity contribution in [2.24, 2.45) is 4.40 Å². The average molecular weight is 383 g/mol. The fraction of sp³-hybridized carbons (Fsp3) is 0.294. The van der Waals surface area contributed by atoms with Crippen LogP contribution in [0.3, 0.4) is 0 Å². The summed E-state index contributed by atoms with van der Waals surface area (Å²) in [5, 5.41) is 8.11. The largest absolute Gasteiger partial charge is 0.354 e. The molecule has 5 rings (SSSR count). The molecule has 1 fully saturated rings. The van der Waals surface area contributed by atoms with Gasteiger partial charge in [0.05, 0.1) is 0 Å². The van der Waals surface area contributed by atoms with E-state index in [1.54, 1.807) is 24.7 Å². The smallest absolute Gasteiger partial charge is 0.285 e. The molecule has 2 aromatic heterocycles. The monoisotopic (exact) mass is 383 g/mol. The summed E-state index contributed by atoms with van der Waals surface area (Å²) in [7, 11) is -3.60. The standard InChI is InChI=1S/C17H17N7O2S/c25-27(26)14-5-2-1-4-13(14)15(21-27)22-7-3-8-23(11-10-22)16-17-20-19-12-24(17)9-6-18-16/h1-2,4-6,9,12H,3,7-8,10-11H2. The molecule has 0 radical (unpaired) electrons. The molecule has 138 valence electrons. The number of anilines is 1. The van der Waals surface area contributed by atoms with Crippen LogP contribution < -0.4 is 4.90 Å². The van der Waals surface area contributed by atoms with Crippen LogP contribution >= 0.6 is 0 Å². The Kier molecular flexibility index (Phi) is 3.61. The molecule has 0 bridgehead atoms. The van der Waals surface area contributed by atoms with Gasteiger partial charge in [-0.05, 0) is 18.6 Å². The van der Waals surface area contributed by atoms with Crippen molar-refractivity contribution in [1.82, 2.24) is 24.5 Å². The maximum atomic E-state index is 12.3. The van der Waals surface area contributed by atoms with Crippen molar-refractivity contribution >= 4 is 27.3 Å². The molecule has 3 aromatic rings. The Balaban J connectivity index is 1.44. The molecule has 9 nitrogen and oxygen atoms in total. The lowest BCUT2D eigenvalue weighted by molar-refractivity contribution is 0.449. The van der Waals surface area contributed by atoms with E-state index >= 15 is 0 Å². The number of rotatable bonds is 1. The highest BCUT2D eigenvalue weighted by Crippen LogP contribution is 2.28. The molecular formula is C17H17N7O2S. The van der Waals surface area contributed by atoms with Gasteiger partial charge in [0.25, 0.3) is 10.0 Å². The van der Waals surface area contributed by atoms with Gasteiger partial charge in [-0.2, -0.15) is 8.42 Å². The van der Waals surface area contributed by atoms with Gasteiger partial charge in [-0.25, -0.2) is 4.98 Å². The molecule has 27 heavy (non-hydrogen) atoms. The van der Waals surface area contributed by atoms with Crippen molar-refractivity contribution in [2.45, 2.75) is 11.3 Å². The second-order valence-corrected chi connectivity index (χ2v) is 8.10. The van der Waals surface area contributed by atoms with E-state index < -0.39 is 10.0 Å². The molecule has 0 saturated carbocycles. The van der Waals surface area contributed by atoms with Crippen LogP contribution in [0.25, 0.3) is 5.65 Å². The molecule has 0 unspecified atom stereocenters. The lowest BCUT2D eigenvalue weighted by atomic mass is 10.2. The number of fused-ring (bicyclic) bond motifs is 2. The molecule has 0 aliphatic carbocycles. The van der Waals surface area contributed by atoms with Crippen molar-refractivity contribution in [3.05, 3.63) is 48.5 Å². The Labute approximate surface area is 156 Å². The number of sulfonamides is 1. The van der Waals surface area contributed by atoms with Crippen LogP contribution in [-0.2, 0) is 10.0 Å². The number of hydrogen-bond acceptors (Lipinski definition) is 7. The summed E-state index contributed by atoms with van der Waals surface area (Å²) >= 11 is 0. The van der Waals surface area contributed by atoms with E-state index in [1.165, 1.54) is 0 Å². The van der Waals surface area contributed by atoms with Crippen LogP contribution in [0, 0.1) is 0 Å². The van der Waals surface area contributed by atoms with Crippen LogP contribution in [0.2, 0.25) is 0 Å².